The Bertz CT molecular complexity index is 588. The average Bonchev–Trinajstić information content (AvgIpc) is 2.53. The molecule has 0 aliphatic heterocycles. The maximum absolute atomic E-state index is 11.6. The minimum Gasteiger partial charge on any atom is -0.352 e. The molecule has 3 N–H and O–H groups in total. The molecule has 2 rings (SSSR count). The van der Waals surface area contributed by atoms with Gasteiger partial charge in [-0.05, 0) is 25.0 Å². The van der Waals surface area contributed by atoms with Crippen molar-refractivity contribution < 1.29 is 4.79 Å². The van der Waals surface area contributed by atoms with Crippen molar-refractivity contribution in [1.29, 1.82) is 0 Å². The topological polar surface area (TPSA) is 78.9 Å². The van der Waals surface area contributed by atoms with Gasteiger partial charge in [0.2, 0.25) is 5.95 Å². The van der Waals surface area contributed by atoms with Crippen LogP contribution in [0.2, 0.25) is 0 Å². The maximum atomic E-state index is 11.6. The molecular formula is C16H21N5O. The number of hydrogen-bond donors (Lipinski definition) is 3. The van der Waals surface area contributed by atoms with Gasteiger partial charge in [-0.25, -0.2) is 14.8 Å². The molecule has 22 heavy (non-hydrogen) atoms. The SMILES string of the molecule is Cc1cccc(CCNC(=O)NCCNc2ncccn2)c1. The number of aromatic nitrogens is 2. The molecule has 6 heteroatoms. The molecule has 0 spiro atoms. The summed E-state index contributed by atoms with van der Waals surface area (Å²) in [6, 6.07) is 9.88. The fourth-order valence-electron chi connectivity index (χ4n) is 1.99. The Labute approximate surface area is 130 Å². The second kappa shape index (κ2) is 8.61. The highest BCUT2D eigenvalue weighted by Gasteiger charge is 2.00. The fraction of sp³-hybridized carbons (Fsp3) is 0.312. The van der Waals surface area contributed by atoms with Gasteiger partial charge in [-0.15, -0.1) is 0 Å². The molecule has 1 aromatic carbocycles. The van der Waals surface area contributed by atoms with Crippen molar-refractivity contribution in [2.24, 2.45) is 0 Å². The molecule has 1 heterocycles. The van der Waals surface area contributed by atoms with Gasteiger partial charge in [0.05, 0.1) is 0 Å². The number of aryl methyl sites for hydroxylation is 1. The molecule has 1 aromatic heterocycles. The molecule has 0 bridgehead atoms. The summed E-state index contributed by atoms with van der Waals surface area (Å²) in [5.74, 6) is 0.559. The van der Waals surface area contributed by atoms with Gasteiger partial charge in [-0.2, -0.15) is 0 Å². The molecule has 116 valence electrons. The molecule has 0 radical (unpaired) electrons. The predicted molar refractivity (Wildman–Crippen MR) is 86.8 cm³/mol. The lowest BCUT2D eigenvalue weighted by Crippen LogP contribution is -2.38. The number of amides is 2. The fourth-order valence-corrected chi connectivity index (χ4v) is 1.99. The van der Waals surface area contributed by atoms with Crippen molar-refractivity contribution in [1.82, 2.24) is 20.6 Å². The van der Waals surface area contributed by atoms with Crippen molar-refractivity contribution in [3.63, 3.8) is 0 Å². The largest absolute Gasteiger partial charge is 0.352 e. The van der Waals surface area contributed by atoms with Crippen LogP contribution in [0, 0.1) is 6.92 Å². The van der Waals surface area contributed by atoms with E-state index in [0.717, 1.165) is 6.42 Å². The smallest absolute Gasteiger partial charge is 0.314 e. The first-order chi connectivity index (χ1) is 10.7. The van der Waals surface area contributed by atoms with E-state index in [1.165, 1.54) is 11.1 Å². The van der Waals surface area contributed by atoms with E-state index >= 15 is 0 Å². The molecule has 0 saturated carbocycles. The Hall–Kier alpha value is -2.63. The van der Waals surface area contributed by atoms with Gasteiger partial charge in [0.1, 0.15) is 0 Å². The number of hydrogen-bond acceptors (Lipinski definition) is 4. The van der Waals surface area contributed by atoms with E-state index in [2.05, 4.69) is 51.0 Å². The number of urea groups is 1. The Morgan fingerprint density at radius 2 is 1.82 bits per heavy atom. The monoisotopic (exact) mass is 299 g/mol. The summed E-state index contributed by atoms with van der Waals surface area (Å²) in [5, 5.41) is 8.65. The predicted octanol–water partition coefficient (Wildman–Crippen LogP) is 1.74. The van der Waals surface area contributed by atoms with Gasteiger partial charge in [-0.3, -0.25) is 0 Å². The van der Waals surface area contributed by atoms with Crippen LogP contribution in [0.3, 0.4) is 0 Å². The minimum absolute atomic E-state index is 0.163. The van der Waals surface area contributed by atoms with Crippen molar-refractivity contribution in [3.05, 3.63) is 53.9 Å². The zero-order chi connectivity index (χ0) is 15.6. The number of carbonyl (C=O) groups is 1. The first-order valence-electron chi connectivity index (χ1n) is 7.32. The van der Waals surface area contributed by atoms with E-state index in [1.807, 2.05) is 6.07 Å². The summed E-state index contributed by atoms with van der Waals surface area (Å²) in [5.41, 5.74) is 2.46. The molecule has 2 aromatic rings. The molecule has 0 unspecified atom stereocenters. The summed E-state index contributed by atoms with van der Waals surface area (Å²) >= 11 is 0. The lowest BCUT2D eigenvalue weighted by Gasteiger charge is -2.08. The van der Waals surface area contributed by atoms with Crippen LogP contribution in [0.25, 0.3) is 0 Å². The van der Waals surface area contributed by atoms with Crippen LogP contribution in [0.15, 0.2) is 42.7 Å². The first kappa shape index (κ1) is 15.8. The van der Waals surface area contributed by atoms with Crippen LogP contribution in [0.1, 0.15) is 11.1 Å². The third-order valence-corrected chi connectivity index (χ3v) is 3.04. The molecule has 0 atom stereocenters. The van der Waals surface area contributed by atoms with Gasteiger partial charge in [0, 0.05) is 32.0 Å². The second-order valence-electron chi connectivity index (χ2n) is 4.92. The van der Waals surface area contributed by atoms with E-state index in [1.54, 1.807) is 18.5 Å². The average molecular weight is 299 g/mol. The molecule has 0 aliphatic carbocycles. The number of nitrogens with one attached hydrogen (secondary N) is 3. The first-order valence-corrected chi connectivity index (χ1v) is 7.32. The van der Waals surface area contributed by atoms with Gasteiger partial charge < -0.3 is 16.0 Å². The van der Waals surface area contributed by atoms with Gasteiger partial charge in [0.25, 0.3) is 0 Å². The Morgan fingerprint density at radius 3 is 2.59 bits per heavy atom. The molecule has 2 amide bonds. The number of nitrogens with zero attached hydrogens (tertiary/aromatic N) is 2. The van der Waals surface area contributed by atoms with E-state index in [-0.39, 0.29) is 6.03 Å². The molecule has 0 fully saturated rings. The summed E-state index contributed by atoms with van der Waals surface area (Å²) < 4.78 is 0. The van der Waals surface area contributed by atoms with Crippen LogP contribution in [0.4, 0.5) is 10.7 Å². The third kappa shape index (κ3) is 5.78. The number of benzene rings is 1. The zero-order valence-electron chi connectivity index (χ0n) is 12.7. The van der Waals surface area contributed by atoms with Crippen molar-refractivity contribution in [3.8, 4) is 0 Å². The van der Waals surface area contributed by atoms with E-state index in [9.17, 15) is 4.79 Å². The minimum atomic E-state index is -0.163. The van der Waals surface area contributed by atoms with Crippen molar-refractivity contribution in [2.45, 2.75) is 13.3 Å². The summed E-state index contributed by atoms with van der Waals surface area (Å²) in [7, 11) is 0. The maximum Gasteiger partial charge on any atom is 0.314 e. The van der Waals surface area contributed by atoms with E-state index in [4.69, 9.17) is 0 Å². The van der Waals surface area contributed by atoms with Gasteiger partial charge >= 0.3 is 6.03 Å². The number of anilines is 1. The molecule has 0 saturated heterocycles. The van der Waals surface area contributed by atoms with Crippen LogP contribution >= 0.6 is 0 Å². The normalized spacial score (nSPS) is 10.0. The summed E-state index contributed by atoms with van der Waals surface area (Å²) in [6.45, 7) is 3.77. The van der Waals surface area contributed by atoms with Gasteiger partial charge in [0.15, 0.2) is 0 Å². The van der Waals surface area contributed by atoms with E-state index < -0.39 is 0 Å². The lowest BCUT2D eigenvalue weighted by molar-refractivity contribution is 0.241. The van der Waals surface area contributed by atoms with Crippen LogP contribution in [-0.2, 0) is 6.42 Å². The highest BCUT2D eigenvalue weighted by molar-refractivity contribution is 5.73. The third-order valence-electron chi connectivity index (χ3n) is 3.04. The Morgan fingerprint density at radius 1 is 1.05 bits per heavy atom. The highest BCUT2D eigenvalue weighted by atomic mass is 16.2. The van der Waals surface area contributed by atoms with Crippen molar-refractivity contribution in [2.75, 3.05) is 25.0 Å². The second-order valence-corrected chi connectivity index (χ2v) is 4.92. The molecule has 6 nitrogen and oxygen atoms in total. The standard InChI is InChI=1S/C16H21N5O/c1-13-4-2-5-14(12-13)6-9-20-16(22)21-11-10-19-15-17-7-3-8-18-15/h2-5,7-8,12H,6,9-11H2,1H3,(H,17,18,19)(H2,20,21,22). The molecular weight excluding hydrogens is 278 g/mol. The zero-order valence-corrected chi connectivity index (χ0v) is 12.7. The quantitative estimate of drug-likeness (QED) is 0.680. The summed E-state index contributed by atoms with van der Waals surface area (Å²) in [4.78, 5) is 19.7. The number of carbonyl (C=O) groups excluding carboxylic acids is 1. The molecule has 0 aliphatic rings. The lowest BCUT2D eigenvalue weighted by atomic mass is 10.1. The number of rotatable bonds is 7. The Balaban J connectivity index is 1.56. The van der Waals surface area contributed by atoms with Crippen molar-refractivity contribution >= 4 is 12.0 Å². The van der Waals surface area contributed by atoms with E-state index in [0.29, 0.717) is 25.6 Å². The summed E-state index contributed by atoms with van der Waals surface area (Å²) in [6.07, 6.45) is 4.16. The Kier molecular flexibility index (Phi) is 6.17. The van der Waals surface area contributed by atoms with Gasteiger partial charge in [-0.1, -0.05) is 29.8 Å². The van der Waals surface area contributed by atoms with Crippen LogP contribution in [0.5, 0.6) is 0 Å². The van der Waals surface area contributed by atoms with Crippen LogP contribution in [-0.4, -0.2) is 35.6 Å². The van der Waals surface area contributed by atoms with Crippen LogP contribution < -0.4 is 16.0 Å². The highest BCUT2D eigenvalue weighted by Crippen LogP contribution is 2.03.